The smallest absolute Gasteiger partial charge is 0.322 e. The molecule has 9 nitrogen and oxygen atoms in total. The number of nitro groups is 1. The maximum Gasteiger partial charge on any atom is 0.322 e. The first-order valence-electron chi connectivity index (χ1n) is 4.98. The van der Waals surface area contributed by atoms with Crippen LogP contribution in [0.5, 0.6) is 5.95 Å². The van der Waals surface area contributed by atoms with Crippen molar-refractivity contribution in [3.8, 4) is 5.95 Å². The monoisotopic (exact) mass is 271 g/mol. The molecule has 0 atom stereocenters. The molecule has 0 aliphatic carbocycles. The Balaban J connectivity index is 2.67. The van der Waals surface area contributed by atoms with Crippen LogP contribution >= 0.6 is 0 Å². The minimum atomic E-state index is -0.848. The van der Waals surface area contributed by atoms with Gasteiger partial charge in [-0.1, -0.05) is 0 Å². The molecule has 0 N–H and O–H groups in total. The van der Waals surface area contributed by atoms with Gasteiger partial charge in [-0.2, -0.15) is 0 Å². The lowest BCUT2D eigenvalue weighted by Gasteiger charge is -1.99. The molecule has 19 heavy (non-hydrogen) atoms. The summed E-state index contributed by atoms with van der Waals surface area (Å²) < 4.78 is 13.6. The van der Waals surface area contributed by atoms with Crippen LogP contribution in [-0.2, 0) is 14.3 Å². The van der Waals surface area contributed by atoms with Gasteiger partial charge in [-0.15, -0.1) is 0 Å². The molecule has 1 aromatic rings. The zero-order chi connectivity index (χ0) is 14.4. The van der Waals surface area contributed by atoms with Crippen molar-refractivity contribution < 1.29 is 33.2 Å². The van der Waals surface area contributed by atoms with Crippen molar-refractivity contribution in [1.82, 2.24) is 0 Å². The lowest BCUT2D eigenvalue weighted by molar-refractivity contribution is -0.385. The van der Waals surface area contributed by atoms with Gasteiger partial charge in [-0.3, -0.25) is 24.5 Å². The summed E-state index contributed by atoms with van der Waals surface area (Å²) in [6.07, 6.45) is -0.347. The molecule has 0 unspecified atom stereocenters. The van der Waals surface area contributed by atoms with Gasteiger partial charge in [-0.05, 0) is 0 Å². The summed E-state index contributed by atoms with van der Waals surface area (Å²) >= 11 is 0. The lowest BCUT2D eigenvalue weighted by Crippen LogP contribution is -2.10. The second kappa shape index (κ2) is 6.28. The third kappa shape index (κ3) is 3.91. The predicted molar refractivity (Wildman–Crippen MR) is 57.6 cm³/mol. The van der Waals surface area contributed by atoms with Gasteiger partial charge in [0.15, 0.2) is 6.29 Å². The summed E-state index contributed by atoms with van der Waals surface area (Å²) in [5.41, 5.74) is -0.606. The van der Waals surface area contributed by atoms with Crippen molar-refractivity contribution >= 4 is 23.9 Å². The van der Waals surface area contributed by atoms with Crippen molar-refractivity contribution in [2.75, 3.05) is 7.11 Å². The molecule has 0 saturated carbocycles. The normalized spacial score (nSPS) is 9.74. The number of rotatable bonds is 6. The number of ether oxygens (including phenoxy) is 2. The minimum absolute atomic E-state index is 0.129. The van der Waals surface area contributed by atoms with E-state index >= 15 is 0 Å². The zero-order valence-electron chi connectivity index (χ0n) is 9.78. The number of hydrogen-bond acceptors (Lipinski definition) is 8. The lowest BCUT2D eigenvalue weighted by atomic mass is 10.3. The van der Waals surface area contributed by atoms with Crippen LogP contribution in [0.2, 0.25) is 0 Å². The molecule has 0 aliphatic heterocycles. The second-order valence-electron chi connectivity index (χ2n) is 3.24. The minimum Gasteiger partial charge on any atom is -0.469 e. The van der Waals surface area contributed by atoms with E-state index in [-0.39, 0.29) is 19.1 Å². The Kier molecular flexibility index (Phi) is 4.75. The highest BCUT2D eigenvalue weighted by Crippen LogP contribution is 2.27. The molecule has 0 aromatic carbocycles. The second-order valence-corrected chi connectivity index (χ2v) is 3.24. The van der Waals surface area contributed by atoms with Gasteiger partial charge in [0.2, 0.25) is 5.76 Å². The summed E-state index contributed by atoms with van der Waals surface area (Å²) in [4.78, 5) is 42.2. The van der Waals surface area contributed by atoms with Gasteiger partial charge in [-0.25, -0.2) is 0 Å². The fraction of sp³-hybridized carbons (Fsp3) is 0.300. The van der Waals surface area contributed by atoms with E-state index in [1.165, 1.54) is 7.11 Å². The average molecular weight is 271 g/mol. The Bertz CT molecular complexity index is 518. The number of nitrogens with zero attached hydrogens (tertiary/aromatic N) is 1. The number of furan rings is 1. The summed E-state index contributed by atoms with van der Waals surface area (Å²) in [6, 6.07) is 0.805. The van der Waals surface area contributed by atoms with Gasteiger partial charge in [0.25, 0.3) is 5.95 Å². The van der Waals surface area contributed by atoms with Crippen LogP contribution < -0.4 is 4.74 Å². The number of methoxy groups -OCH3 is 1. The number of carbonyl (C=O) groups excluding carboxylic acids is 3. The van der Waals surface area contributed by atoms with E-state index in [9.17, 15) is 24.5 Å². The first kappa shape index (κ1) is 14.4. The molecule has 0 fully saturated rings. The van der Waals surface area contributed by atoms with Crippen LogP contribution in [0, 0.1) is 10.1 Å². The highest BCUT2D eigenvalue weighted by atomic mass is 16.6. The van der Waals surface area contributed by atoms with Gasteiger partial charge < -0.3 is 13.9 Å². The highest BCUT2D eigenvalue weighted by Gasteiger charge is 2.23. The number of hydrogen-bond donors (Lipinski definition) is 0. The van der Waals surface area contributed by atoms with Gasteiger partial charge >= 0.3 is 17.6 Å². The Morgan fingerprint density at radius 3 is 2.53 bits per heavy atom. The Hall–Kier alpha value is -2.71. The SMILES string of the molecule is COC(=O)CCC(=O)Oc1cc([N+](=O)[O-])c(C=O)o1. The van der Waals surface area contributed by atoms with Crippen molar-refractivity contribution in [3.05, 3.63) is 21.9 Å². The fourth-order valence-corrected chi connectivity index (χ4v) is 1.12. The van der Waals surface area contributed by atoms with Crippen molar-refractivity contribution in [1.29, 1.82) is 0 Å². The van der Waals surface area contributed by atoms with Gasteiger partial charge in [0.1, 0.15) is 6.07 Å². The molecule has 0 aliphatic rings. The fourth-order valence-electron chi connectivity index (χ4n) is 1.12. The molecule has 0 amide bonds. The topological polar surface area (TPSA) is 126 Å². The maximum absolute atomic E-state index is 11.3. The quantitative estimate of drug-likeness (QED) is 0.322. The van der Waals surface area contributed by atoms with Crippen LogP contribution in [0.1, 0.15) is 23.4 Å². The number of carbonyl (C=O) groups is 3. The molecule has 102 valence electrons. The van der Waals surface area contributed by atoms with E-state index in [2.05, 4.69) is 13.9 Å². The summed E-state index contributed by atoms with van der Waals surface area (Å²) in [6.45, 7) is 0. The molecule has 1 heterocycles. The van der Waals surface area contributed by atoms with Crippen LogP contribution in [0.4, 0.5) is 5.69 Å². The Morgan fingerprint density at radius 1 is 1.42 bits per heavy atom. The molecule has 1 aromatic heterocycles. The third-order valence-corrected chi connectivity index (χ3v) is 2.00. The van der Waals surface area contributed by atoms with Crippen molar-refractivity contribution in [2.24, 2.45) is 0 Å². The maximum atomic E-state index is 11.3. The van der Waals surface area contributed by atoms with Crippen molar-refractivity contribution in [2.45, 2.75) is 12.8 Å². The predicted octanol–water partition coefficient (Wildman–Crippen LogP) is 0.859. The van der Waals surface area contributed by atoms with E-state index in [0.29, 0.717) is 0 Å². The molecule has 0 radical (unpaired) electrons. The molecule has 1 rings (SSSR count). The highest BCUT2D eigenvalue weighted by molar-refractivity contribution is 5.80. The van der Waals surface area contributed by atoms with Crippen LogP contribution in [0.15, 0.2) is 10.5 Å². The average Bonchev–Trinajstić information content (AvgIpc) is 2.79. The van der Waals surface area contributed by atoms with E-state index in [1.54, 1.807) is 0 Å². The molecular weight excluding hydrogens is 262 g/mol. The van der Waals surface area contributed by atoms with E-state index in [0.717, 1.165) is 6.07 Å². The van der Waals surface area contributed by atoms with Crippen LogP contribution in [0.3, 0.4) is 0 Å². The zero-order valence-corrected chi connectivity index (χ0v) is 9.78. The first-order valence-corrected chi connectivity index (χ1v) is 4.98. The Morgan fingerprint density at radius 2 is 2.05 bits per heavy atom. The largest absolute Gasteiger partial charge is 0.469 e. The van der Waals surface area contributed by atoms with Gasteiger partial charge in [0.05, 0.1) is 24.9 Å². The molecular formula is C10H9NO8. The molecule has 0 saturated heterocycles. The summed E-state index contributed by atoms with van der Waals surface area (Å²) in [5.74, 6) is -2.48. The number of esters is 2. The van der Waals surface area contributed by atoms with Crippen molar-refractivity contribution in [3.63, 3.8) is 0 Å². The van der Waals surface area contributed by atoms with E-state index < -0.39 is 34.3 Å². The molecule has 0 bridgehead atoms. The Labute approximate surface area is 106 Å². The van der Waals surface area contributed by atoms with Gasteiger partial charge in [0, 0.05) is 0 Å². The van der Waals surface area contributed by atoms with Crippen LogP contribution in [0.25, 0.3) is 0 Å². The van der Waals surface area contributed by atoms with E-state index in [1.807, 2.05) is 0 Å². The standard InChI is InChI=1S/C10H9NO8/c1-17-8(13)2-3-9(14)19-10-4-6(11(15)16)7(5-12)18-10/h4-5H,2-3H2,1H3. The van der Waals surface area contributed by atoms with Crippen LogP contribution in [-0.4, -0.2) is 30.3 Å². The molecule has 9 heteroatoms. The molecule has 0 spiro atoms. The summed E-state index contributed by atoms with van der Waals surface area (Å²) in [7, 11) is 1.17. The third-order valence-electron chi connectivity index (χ3n) is 2.00. The first-order chi connectivity index (χ1) is 8.97. The van der Waals surface area contributed by atoms with E-state index in [4.69, 9.17) is 0 Å². The number of aldehydes is 1. The summed E-state index contributed by atoms with van der Waals surface area (Å²) in [5, 5.41) is 10.5.